The predicted molar refractivity (Wildman–Crippen MR) is 81.4 cm³/mol. The summed E-state index contributed by atoms with van der Waals surface area (Å²) in [4.78, 5) is 0. The molecule has 0 aliphatic rings. The molecule has 4 heteroatoms. The highest BCUT2D eigenvalue weighted by molar-refractivity contribution is 5.26. The van der Waals surface area contributed by atoms with Gasteiger partial charge in [-0.25, -0.2) is 0 Å². The second kappa shape index (κ2) is 9.08. The smallest absolute Gasteiger partial charge is 0.314 e. The number of alkyl halides is 3. The van der Waals surface area contributed by atoms with Crippen molar-refractivity contribution < 1.29 is 13.2 Å². The van der Waals surface area contributed by atoms with E-state index < -0.39 is 11.7 Å². The maximum absolute atomic E-state index is 12.7. The number of hydrogen-bond acceptors (Lipinski definition) is 1. The first kappa shape index (κ1) is 18.0. The SMILES string of the molecule is CCCCCCC(Cc1cccc(C(F)(F)F)c1)NCC. The molecule has 0 radical (unpaired) electrons. The van der Waals surface area contributed by atoms with Crippen molar-refractivity contribution >= 4 is 0 Å². The summed E-state index contributed by atoms with van der Waals surface area (Å²) in [5.41, 5.74) is 0.201. The van der Waals surface area contributed by atoms with E-state index in [1.807, 2.05) is 6.92 Å². The Labute approximate surface area is 125 Å². The van der Waals surface area contributed by atoms with E-state index in [-0.39, 0.29) is 6.04 Å². The lowest BCUT2D eigenvalue weighted by molar-refractivity contribution is -0.137. The molecule has 1 aromatic carbocycles. The van der Waals surface area contributed by atoms with Crippen molar-refractivity contribution in [1.29, 1.82) is 0 Å². The van der Waals surface area contributed by atoms with Crippen molar-refractivity contribution in [2.45, 2.75) is 64.6 Å². The third kappa shape index (κ3) is 6.98. The summed E-state index contributed by atoms with van der Waals surface area (Å²) in [6.45, 7) is 5.05. The first-order valence-electron chi connectivity index (χ1n) is 7.86. The van der Waals surface area contributed by atoms with Crippen LogP contribution in [0.1, 0.15) is 57.1 Å². The Bertz CT molecular complexity index is 401. The van der Waals surface area contributed by atoms with Gasteiger partial charge >= 0.3 is 6.18 Å². The molecule has 0 saturated heterocycles. The van der Waals surface area contributed by atoms with Crippen LogP contribution in [0.15, 0.2) is 24.3 Å². The second-order valence-corrected chi connectivity index (χ2v) is 5.51. The van der Waals surface area contributed by atoms with Crippen molar-refractivity contribution in [3.8, 4) is 0 Å². The minimum absolute atomic E-state index is 0.260. The fraction of sp³-hybridized carbons (Fsp3) is 0.647. The second-order valence-electron chi connectivity index (χ2n) is 5.51. The van der Waals surface area contributed by atoms with Crippen LogP contribution in [0.5, 0.6) is 0 Å². The first-order chi connectivity index (χ1) is 9.97. The zero-order chi connectivity index (χ0) is 15.7. The lowest BCUT2D eigenvalue weighted by Crippen LogP contribution is -2.31. The van der Waals surface area contributed by atoms with Gasteiger partial charge in [-0.3, -0.25) is 0 Å². The average molecular weight is 301 g/mol. The molecule has 0 heterocycles. The molecule has 120 valence electrons. The van der Waals surface area contributed by atoms with Gasteiger partial charge in [-0.1, -0.05) is 57.7 Å². The van der Waals surface area contributed by atoms with Crippen LogP contribution in [0.25, 0.3) is 0 Å². The van der Waals surface area contributed by atoms with E-state index >= 15 is 0 Å². The van der Waals surface area contributed by atoms with Crippen LogP contribution in [0, 0.1) is 0 Å². The van der Waals surface area contributed by atoms with Gasteiger partial charge in [-0.2, -0.15) is 13.2 Å². The van der Waals surface area contributed by atoms with E-state index in [0.29, 0.717) is 6.42 Å². The largest absolute Gasteiger partial charge is 0.416 e. The molecule has 0 aromatic heterocycles. The molecule has 0 bridgehead atoms. The van der Waals surface area contributed by atoms with Gasteiger partial charge in [0.15, 0.2) is 0 Å². The van der Waals surface area contributed by atoms with E-state index in [1.54, 1.807) is 6.07 Å². The number of unbranched alkanes of at least 4 members (excludes halogenated alkanes) is 3. The fourth-order valence-electron chi connectivity index (χ4n) is 2.54. The van der Waals surface area contributed by atoms with E-state index in [4.69, 9.17) is 0 Å². The molecule has 1 rings (SSSR count). The number of benzene rings is 1. The van der Waals surface area contributed by atoms with E-state index in [2.05, 4.69) is 12.2 Å². The summed E-state index contributed by atoms with van der Waals surface area (Å²) in [5.74, 6) is 0. The zero-order valence-corrected chi connectivity index (χ0v) is 13.0. The topological polar surface area (TPSA) is 12.0 Å². The van der Waals surface area contributed by atoms with Gasteiger partial charge < -0.3 is 5.32 Å². The summed E-state index contributed by atoms with van der Waals surface area (Å²) >= 11 is 0. The number of likely N-dealkylation sites (N-methyl/N-ethyl adjacent to an activating group) is 1. The van der Waals surface area contributed by atoms with Crippen LogP contribution in [0.4, 0.5) is 13.2 Å². The summed E-state index contributed by atoms with van der Waals surface area (Å²) in [7, 11) is 0. The van der Waals surface area contributed by atoms with Crippen molar-refractivity contribution in [2.24, 2.45) is 0 Å². The molecular weight excluding hydrogens is 275 g/mol. The van der Waals surface area contributed by atoms with Crippen LogP contribution in [-0.4, -0.2) is 12.6 Å². The Hall–Kier alpha value is -1.03. The van der Waals surface area contributed by atoms with Crippen LogP contribution in [0.2, 0.25) is 0 Å². The minimum atomic E-state index is -4.26. The molecule has 1 atom stereocenters. The Morgan fingerprint density at radius 2 is 1.86 bits per heavy atom. The molecular formula is C17H26F3N. The van der Waals surface area contributed by atoms with Gasteiger partial charge in [0, 0.05) is 6.04 Å². The molecule has 0 aliphatic heterocycles. The highest BCUT2D eigenvalue weighted by Gasteiger charge is 2.30. The lowest BCUT2D eigenvalue weighted by atomic mass is 9.98. The normalized spacial score (nSPS) is 13.4. The minimum Gasteiger partial charge on any atom is -0.314 e. The van der Waals surface area contributed by atoms with Gasteiger partial charge in [-0.05, 0) is 31.0 Å². The summed E-state index contributed by atoms with van der Waals surface area (Å²) in [6.07, 6.45) is 2.16. The van der Waals surface area contributed by atoms with Crippen molar-refractivity contribution in [2.75, 3.05) is 6.54 Å². The average Bonchev–Trinajstić information content (AvgIpc) is 2.43. The van der Waals surface area contributed by atoms with Crippen molar-refractivity contribution in [3.05, 3.63) is 35.4 Å². The monoisotopic (exact) mass is 301 g/mol. The Morgan fingerprint density at radius 3 is 2.48 bits per heavy atom. The molecule has 1 aromatic rings. The van der Waals surface area contributed by atoms with Crippen molar-refractivity contribution in [1.82, 2.24) is 5.32 Å². The lowest BCUT2D eigenvalue weighted by Gasteiger charge is -2.18. The quantitative estimate of drug-likeness (QED) is 0.618. The molecule has 21 heavy (non-hydrogen) atoms. The molecule has 1 N–H and O–H groups in total. The van der Waals surface area contributed by atoms with E-state index in [1.165, 1.54) is 31.4 Å². The van der Waals surface area contributed by atoms with Gasteiger partial charge in [-0.15, -0.1) is 0 Å². The summed E-state index contributed by atoms with van der Waals surface area (Å²) in [6, 6.07) is 5.95. The number of nitrogens with one attached hydrogen (secondary N) is 1. The van der Waals surface area contributed by atoms with Crippen molar-refractivity contribution in [3.63, 3.8) is 0 Å². The maximum atomic E-state index is 12.7. The van der Waals surface area contributed by atoms with Crippen LogP contribution < -0.4 is 5.32 Å². The fourth-order valence-corrected chi connectivity index (χ4v) is 2.54. The molecule has 0 saturated carbocycles. The van der Waals surface area contributed by atoms with Gasteiger partial charge in [0.25, 0.3) is 0 Å². The Balaban J connectivity index is 2.61. The first-order valence-corrected chi connectivity index (χ1v) is 7.86. The standard InChI is InChI=1S/C17H26F3N/c1-3-5-6-7-11-16(21-4-2)13-14-9-8-10-15(12-14)17(18,19)20/h8-10,12,16,21H,3-7,11,13H2,1-2H3. The van der Waals surface area contributed by atoms with Crippen LogP contribution in [-0.2, 0) is 12.6 Å². The Morgan fingerprint density at radius 1 is 1.10 bits per heavy atom. The van der Waals surface area contributed by atoms with Gasteiger partial charge in [0.05, 0.1) is 5.56 Å². The van der Waals surface area contributed by atoms with E-state index in [9.17, 15) is 13.2 Å². The zero-order valence-electron chi connectivity index (χ0n) is 13.0. The molecule has 1 unspecified atom stereocenters. The molecule has 0 amide bonds. The third-order valence-corrected chi connectivity index (χ3v) is 3.64. The molecule has 0 aliphatic carbocycles. The summed E-state index contributed by atoms with van der Waals surface area (Å²) < 4.78 is 38.2. The molecule has 0 spiro atoms. The summed E-state index contributed by atoms with van der Waals surface area (Å²) in [5, 5.41) is 3.38. The highest BCUT2D eigenvalue weighted by Crippen LogP contribution is 2.29. The van der Waals surface area contributed by atoms with Gasteiger partial charge in [0.1, 0.15) is 0 Å². The van der Waals surface area contributed by atoms with Crippen LogP contribution >= 0.6 is 0 Å². The predicted octanol–water partition coefficient (Wildman–Crippen LogP) is 5.20. The highest BCUT2D eigenvalue weighted by atomic mass is 19.4. The Kier molecular flexibility index (Phi) is 7.79. The van der Waals surface area contributed by atoms with Crippen LogP contribution in [0.3, 0.4) is 0 Å². The number of halogens is 3. The maximum Gasteiger partial charge on any atom is 0.416 e. The molecule has 0 fully saturated rings. The number of rotatable bonds is 9. The van der Waals surface area contributed by atoms with E-state index in [0.717, 1.165) is 31.0 Å². The number of hydrogen-bond donors (Lipinski definition) is 1. The van der Waals surface area contributed by atoms with Gasteiger partial charge in [0.2, 0.25) is 0 Å². The molecule has 1 nitrogen and oxygen atoms in total. The third-order valence-electron chi connectivity index (χ3n) is 3.64.